The molecule has 114 valence electrons. The van der Waals surface area contributed by atoms with Gasteiger partial charge in [0, 0.05) is 17.5 Å². The first-order valence-corrected chi connectivity index (χ1v) is 9.71. The summed E-state index contributed by atoms with van der Waals surface area (Å²) in [7, 11) is -3.39. The highest BCUT2D eigenvalue weighted by Crippen LogP contribution is 2.28. The van der Waals surface area contributed by atoms with Crippen LogP contribution in [-0.2, 0) is 16.6 Å². The first-order valence-electron chi connectivity index (χ1n) is 7.34. The summed E-state index contributed by atoms with van der Waals surface area (Å²) < 4.78 is 28.2. The molecule has 0 bridgehead atoms. The van der Waals surface area contributed by atoms with Crippen molar-refractivity contribution >= 4 is 21.4 Å². The van der Waals surface area contributed by atoms with E-state index in [1.54, 1.807) is 0 Å². The fourth-order valence-corrected chi connectivity index (χ4v) is 5.79. The monoisotopic (exact) mass is 316 g/mol. The van der Waals surface area contributed by atoms with E-state index in [-0.39, 0.29) is 6.04 Å². The van der Waals surface area contributed by atoms with E-state index in [4.69, 9.17) is 0 Å². The summed E-state index contributed by atoms with van der Waals surface area (Å²) >= 11 is 1.52. The quantitative estimate of drug-likeness (QED) is 0.848. The normalized spacial score (nSPS) is 17.5. The first-order chi connectivity index (χ1) is 9.54. The van der Waals surface area contributed by atoms with Gasteiger partial charge in [0.15, 0.2) is 0 Å². The largest absolute Gasteiger partial charge is 0.312 e. The molecule has 1 aromatic rings. The summed E-state index contributed by atoms with van der Waals surface area (Å²) in [5.74, 6) is 0. The van der Waals surface area contributed by atoms with Crippen LogP contribution in [0.5, 0.6) is 0 Å². The average Bonchev–Trinajstić information content (AvgIpc) is 2.79. The molecule has 1 fully saturated rings. The van der Waals surface area contributed by atoms with Crippen molar-refractivity contribution in [3.05, 3.63) is 15.8 Å². The zero-order valence-electron chi connectivity index (χ0n) is 12.2. The van der Waals surface area contributed by atoms with Gasteiger partial charge in [-0.1, -0.05) is 26.2 Å². The lowest BCUT2D eigenvalue weighted by atomic mass is 9.96. The molecule has 1 aromatic heterocycles. The minimum absolute atomic E-state index is 0.111. The molecule has 0 radical (unpaired) electrons. The number of thiophene rings is 1. The smallest absolute Gasteiger partial charge is 0.242 e. The van der Waals surface area contributed by atoms with Gasteiger partial charge in [-0.25, -0.2) is 13.1 Å². The third-order valence-electron chi connectivity index (χ3n) is 3.72. The highest BCUT2D eigenvalue weighted by molar-refractivity contribution is 7.89. The van der Waals surface area contributed by atoms with Crippen molar-refractivity contribution in [2.24, 2.45) is 0 Å². The Kier molecular flexibility index (Phi) is 5.60. The predicted octanol–water partition coefficient (Wildman–Crippen LogP) is 2.78. The molecule has 0 aromatic carbocycles. The molecule has 1 heterocycles. The molecule has 4 nitrogen and oxygen atoms in total. The second kappa shape index (κ2) is 7.02. The minimum Gasteiger partial charge on any atom is -0.312 e. The van der Waals surface area contributed by atoms with Gasteiger partial charge in [-0.15, -0.1) is 11.3 Å². The number of rotatable bonds is 6. The number of aryl methyl sites for hydroxylation is 1. The van der Waals surface area contributed by atoms with Crippen LogP contribution in [-0.4, -0.2) is 21.0 Å². The van der Waals surface area contributed by atoms with E-state index in [1.165, 1.54) is 17.8 Å². The maximum Gasteiger partial charge on any atom is 0.242 e. The maximum atomic E-state index is 12.6. The number of sulfonamides is 1. The van der Waals surface area contributed by atoms with Crippen LogP contribution in [0.2, 0.25) is 0 Å². The lowest BCUT2D eigenvalue weighted by Gasteiger charge is -2.23. The average molecular weight is 316 g/mol. The zero-order chi connectivity index (χ0) is 14.6. The maximum absolute atomic E-state index is 12.6. The van der Waals surface area contributed by atoms with Crippen LogP contribution >= 0.6 is 11.3 Å². The fourth-order valence-electron chi connectivity index (χ4n) is 2.71. The number of hydrogen-bond acceptors (Lipinski definition) is 4. The molecule has 20 heavy (non-hydrogen) atoms. The Morgan fingerprint density at radius 2 is 2.00 bits per heavy atom. The van der Waals surface area contributed by atoms with E-state index in [2.05, 4.69) is 10.0 Å². The zero-order valence-corrected chi connectivity index (χ0v) is 13.9. The third kappa shape index (κ3) is 3.81. The van der Waals surface area contributed by atoms with Crippen molar-refractivity contribution in [3.8, 4) is 0 Å². The van der Waals surface area contributed by atoms with Crippen LogP contribution in [0.4, 0.5) is 0 Å². The van der Waals surface area contributed by atoms with Crippen LogP contribution in [0.25, 0.3) is 0 Å². The lowest BCUT2D eigenvalue weighted by molar-refractivity contribution is 0.412. The molecular formula is C14H24N2O2S2. The van der Waals surface area contributed by atoms with E-state index < -0.39 is 10.0 Å². The molecule has 0 amide bonds. The van der Waals surface area contributed by atoms with Gasteiger partial charge in [0.2, 0.25) is 10.0 Å². The van der Waals surface area contributed by atoms with E-state index >= 15 is 0 Å². The van der Waals surface area contributed by atoms with Gasteiger partial charge in [0.25, 0.3) is 0 Å². The third-order valence-corrected chi connectivity index (χ3v) is 6.70. The van der Waals surface area contributed by atoms with Gasteiger partial charge in [-0.2, -0.15) is 0 Å². The van der Waals surface area contributed by atoms with Crippen LogP contribution < -0.4 is 10.0 Å². The number of hydrogen-bond donors (Lipinski definition) is 2. The highest BCUT2D eigenvalue weighted by atomic mass is 32.2. The molecule has 0 spiro atoms. The van der Waals surface area contributed by atoms with Crippen molar-refractivity contribution < 1.29 is 8.42 Å². The van der Waals surface area contributed by atoms with Crippen LogP contribution in [0, 0.1) is 6.92 Å². The summed E-state index contributed by atoms with van der Waals surface area (Å²) in [4.78, 5) is 1.40. The summed E-state index contributed by atoms with van der Waals surface area (Å²) in [6.45, 7) is 5.36. The SMILES string of the molecule is CCNCc1scc(C)c1S(=O)(=O)NC1CCCCC1. The van der Waals surface area contributed by atoms with Gasteiger partial charge < -0.3 is 5.32 Å². The van der Waals surface area contributed by atoms with Crippen molar-refractivity contribution in [2.45, 2.75) is 63.4 Å². The fraction of sp³-hybridized carbons (Fsp3) is 0.714. The second-order valence-corrected chi connectivity index (χ2v) is 8.02. The topological polar surface area (TPSA) is 58.2 Å². The Labute approximate surface area is 126 Å². The van der Waals surface area contributed by atoms with Gasteiger partial charge in [0.1, 0.15) is 4.90 Å². The molecule has 2 N–H and O–H groups in total. The van der Waals surface area contributed by atoms with Crippen LogP contribution in [0.15, 0.2) is 10.3 Å². The van der Waals surface area contributed by atoms with Crippen LogP contribution in [0.3, 0.4) is 0 Å². The molecule has 1 aliphatic rings. The Bertz CT molecular complexity index is 531. The number of nitrogens with one attached hydrogen (secondary N) is 2. The molecule has 2 rings (SSSR count). The van der Waals surface area contributed by atoms with Gasteiger partial charge in [-0.05, 0) is 37.3 Å². The molecule has 1 saturated carbocycles. The highest BCUT2D eigenvalue weighted by Gasteiger charge is 2.26. The first kappa shape index (κ1) is 15.9. The molecule has 6 heteroatoms. The predicted molar refractivity (Wildman–Crippen MR) is 83.6 cm³/mol. The Morgan fingerprint density at radius 1 is 1.30 bits per heavy atom. The van der Waals surface area contributed by atoms with E-state index in [9.17, 15) is 8.42 Å². The Balaban J connectivity index is 2.17. The molecule has 1 aliphatic carbocycles. The molecule has 0 atom stereocenters. The Morgan fingerprint density at radius 3 is 2.65 bits per heavy atom. The summed E-state index contributed by atoms with van der Waals surface area (Å²) in [6.07, 6.45) is 5.40. The van der Waals surface area contributed by atoms with E-state index in [0.29, 0.717) is 11.4 Å². The summed E-state index contributed by atoms with van der Waals surface area (Å²) in [5.41, 5.74) is 0.853. The van der Waals surface area contributed by atoms with Crippen molar-refractivity contribution in [1.29, 1.82) is 0 Å². The molecule has 0 unspecified atom stereocenters. The van der Waals surface area contributed by atoms with Gasteiger partial charge in [0.05, 0.1) is 0 Å². The van der Waals surface area contributed by atoms with Crippen molar-refractivity contribution in [1.82, 2.24) is 10.0 Å². The minimum atomic E-state index is -3.39. The second-order valence-electron chi connectivity index (χ2n) is 5.41. The van der Waals surface area contributed by atoms with Gasteiger partial charge >= 0.3 is 0 Å². The Hall–Kier alpha value is -0.430. The molecular weight excluding hydrogens is 292 g/mol. The molecule has 0 aliphatic heterocycles. The van der Waals surface area contributed by atoms with Crippen LogP contribution in [0.1, 0.15) is 49.5 Å². The summed E-state index contributed by atoms with van der Waals surface area (Å²) in [6, 6.07) is 0.111. The van der Waals surface area contributed by atoms with Crippen molar-refractivity contribution in [2.75, 3.05) is 6.54 Å². The van der Waals surface area contributed by atoms with Crippen molar-refractivity contribution in [3.63, 3.8) is 0 Å². The standard InChI is InChI=1S/C14H24N2O2S2/c1-3-15-9-13-14(11(2)10-19-13)20(17,18)16-12-7-5-4-6-8-12/h10,12,15-16H,3-9H2,1-2H3. The molecule has 0 saturated heterocycles. The van der Waals surface area contributed by atoms with E-state index in [0.717, 1.165) is 42.7 Å². The van der Waals surface area contributed by atoms with Gasteiger partial charge in [-0.3, -0.25) is 0 Å². The lowest BCUT2D eigenvalue weighted by Crippen LogP contribution is -2.36. The van der Waals surface area contributed by atoms with E-state index in [1.807, 2.05) is 19.2 Å². The summed E-state index contributed by atoms with van der Waals surface area (Å²) in [5, 5.41) is 5.14.